The van der Waals surface area contributed by atoms with Crippen LogP contribution in [0.2, 0.25) is 0 Å². The average molecular weight is 307 g/mol. The van der Waals surface area contributed by atoms with Crippen LogP contribution in [0.15, 0.2) is 12.1 Å². The quantitative estimate of drug-likeness (QED) is 0.932. The molecule has 1 aliphatic heterocycles. The number of hydrogen-bond acceptors (Lipinski definition) is 3. The average Bonchev–Trinajstić information content (AvgIpc) is 2.48. The van der Waals surface area contributed by atoms with Gasteiger partial charge in [-0.25, -0.2) is 4.79 Å². The summed E-state index contributed by atoms with van der Waals surface area (Å²) in [5, 5.41) is 9.89. The number of aryl methyl sites for hydroxylation is 2. The highest BCUT2D eigenvalue weighted by atomic mass is 32.2. The number of hydrogen-bond donors (Lipinski definition) is 1. The molecule has 1 saturated heterocycles. The Morgan fingerprint density at radius 1 is 1.29 bits per heavy atom. The summed E-state index contributed by atoms with van der Waals surface area (Å²) in [6.07, 6.45) is 1.02. The van der Waals surface area contributed by atoms with Gasteiger partial charge in [0.25, 0.3) is 5.91 Å². The fraction of sp³-hybridized carbons (Fsp3) is 0.500. The van der Waals surface area contributed by atoms with Gasteiger partial charge in [0.15, 0.2) is 0 Å². The van der Waals surface area contributed by atoms with Gasteiger partial charge in [-0.1, -0.05) is 19.1 Å². The van der Waals surface area contributed by atoms with Gasteiger partial charge in [-0.2, -0.15) is 11.8 Å². The number of rotatable bonds is 3. The molecule has 21 heavy (non-hydrogen) atoms. The largest absolute Gasteiger partial charge is 0.478 e. The smallest absolute Gasteiger partial charge is 0.336 e. The third-order valence-corrected chi connectivity index (χ3v) is 5.30. The van der Waals surface area contributed by atoms with E-state index in [9.17, 15) is 14.7 Å². The van der Waals surface area contributed by atoms with E-state index in [-0.39, 0.29) is 11.5 Å². The first-order valence-electron chi connectivity index (χ1n) is 7.20. The van der Waals surface area contributed by atoms with Crippen LogP contribution in [0.3, 0.4) is 0 Å². The SMILES string of the molecule is CCC1CN(C(=O)c2c(C)ccc(C)c2C(=O)O)CCS1. The summed E-state index contributed by atoms with van der Waals surface area (Å²) in [6.45, 7) is 7.04. The van der Waals surface area contributed by atoms with Gasteiger partial charge in [0.2, 0.25) is 0 Å². The van der Waals surface area contributed by atoms with E-state index in [2.05, 4.69) is 6.92 Å². The van der Waals surface area contributed by atoms with Gasteiger partial charge in [-0.05, 0) is 31.4 Å². The molecule has 1 heterocycles. The molecule has 5 heteroatoms. The number of carboxylic acid groups (broad SMARTS) is 1. The van der Waals surface area contributed by atoms with Gasteiger partial charge in [-0.15, -0.1) is 0 Å². The Kier molecular flexibility index (Phi) is 4.93. The van der Waals surface area contributed by atoms with Crippen molar-refractivity contribution >= 4 is 23.6 Å². The minimum absolute atomic E-state index is 0.145. The number of aromatic carboxylic acids is 1. The highest BCUT2D eigenvalue weighted by Crippen LogP contribution is 2.25. The molecule has 0 radical (unpaired) electrons. The molecule has 0 aromatic heterocycles. The van der Waals surface area contributed by atoms with Crippen molar-refractivity contribution in [2.45, 2.75) is 32.4 Å². The molecule has 114 valence electrons. The summed E-state index contributed by atoms with van der Waals surface area (Å²) in [5.74, 6) is -0.261. The number of nitrogens with zero attached hydrogens (tertiary/aromatic N) is 1. The Morgan fingerprint density at radius 2 is 1.90 bits per heavy atom. The maximum atomic E-state index is 12.8. The number of amides is 1. The highest BCUT2D eigenvalue weighted by molar-refractivity contribution is 8.00. The highest BCUT2D eigenvalue weighted by Gasteiger charge is 2.28. The molecule has 2 rings (SSSR count). The summed E-state index contributed by atoms with van der Waals surface area (Å²) >= 11 is 1.89. The molecule has 1 aromatic rings. The van der Waals surface area contributed by atoms with Gasteiger partial charge in [-0.3, -0.25) is 4.79 Å². The minimum Gasteiger partial charge on any atom is -0.478 e. The van der Waals surface area contributed by atoms with Crippen LogP contribution in [-0.4, -0.2) is 46.0 Å². The molecule has 4 nitrogen and oxygen atoms in total. The number of carbonyl (C=O) groups is 2. The maximum Gasteiger partial charge on any atom is 0.336 e. The maximum absolute atomic E-state index is 12.8. The Balaban J connectivity index is 2.39. The topological polar surface area (TPSA) is 57.6 Å². The number of benzene rings is 1. The molecule has 1 aromatic carbocycles. The molecule has 0 spiro atoms. The van der Waals surface area contributed by atoms with Crippen LogP contribution in [0.5, 0.6) is 0 Å². The zero-order valence-electron chi connectivity index (χ0n) is 12.7. The third-order valence-electron chi connectivity index (χ3n) is 3.93. The second kappa shape index (κ2) is 6.52. The molecule has 0 saturated carbocycles. The fourth-order valence-corrected chi connectivity index (χ4v) is 3.85. The third kappa shape index (κ3) is 3.23. The molecule has 1 N–H and O–H groups in total. The van der Waals surface area contributed by atoms with Gasteiger partial charge < -0.3 is 10.0 Å². The van der Waals surface area contributed by atoms with Crippen molar-refractivity contribution in [2.75, 3.05) is 18.8 Å². The van der Waals surface area contributed by atoms with Crippen molar-refractivity contribution in [2.24, 2.45) is 0 Å². The molecule has 1 unspecified atom stereocenters. The lowest BCUT2D eigenvalue weighted by atomic mass is 9.96. The normalized spacial score (nSPS) is 18.6. The second-order valence-electron chi connectivity index (χ2n) is 5.41. The predicted molar refractivity (Wildman–Crippen MR) is 85.3 cm³/mol. The number of thioether (sulfide) groups is 1. The van der Waals surface area contributed by atoms with E-state index < -0.39 is 5.97 Å². The Hall–Kier alpha value is -1.49. The molecular weight excluding hydrogens is 286 g/mol. The molecule has 1 amide bonds. The van der Waals surface area contributed by atoms with Crippen molar-refractivity contribution in [1.29, 1.82) is 0 Å². The molecule has 0 bridgehead atoms. The van der Waals surface area contributed by atoms with E-state index >= 15 is 0 Å². The number of carboxylic acids is 1. The lowest BCUT2D eigenvalue weighted by Crippen LogP contribution is -2.42. The van der Waals surface area contributed by atoms with Crippen LogP contribution in [0.4, 0.5) is 0 Å². The zero-order chi connectivity index (χ0) is 15.6. The van der Waals surface area contributed by atoms with E-state index in [0.717, 1.165) is 17.7 Å². The Bertz CT molecular complexity index is 571. The van der Waals surface area contributed by atoms with E-state index in [4.69, 9.17) is 0 Å². The number of carbonyl (C=O) groups excluding carboxylic acids is 1. The first kappa shape index (κ1) is 15.9. The van der Waals surface area contributed by atoms with Gasteiger partial charge >= 0.3 is 5.97 Å². The van der Waals surface area contributed by atoms with Crippen LogP contribution in [0.1, 0.15) is 45.2 Å². The zero-order valence-corrected chi connectivity index (χ0v) is 13.5. The lowest BCUT2D eigenvalue weighted by Gasteiger charge is -2.32. The summed E-state index contributed by atoms with van der Waals surface area (Å²) in [6, 6.07) is 3.58. The summed E-state index contributed by atoms with van der Waals surface area (Å²) in [4.78, 5) is 26.1. The van der Waals surface area contributed by atoms with E-state index in [0.29, 0.717) is 29.5 Å². The Morgan fingerprint density at radius 3 is 2.48 bits per heavy atom. The van der Waals surface area contributed by atoms with Crippen molar-refractivity contribution in [3.63, 3.8) is 0 Å². The monoisotopic (exact) mass is 307 g/mol. The van der Waals surface area contributed by atoms with Gasteiger partial charge in [0.1, 0.15) is 0 Å². The summed E-state index contributed by atoms with van der Waals surface area (Å²) < 4.78 is 0. The second-order valence-corrected chi connectivity index (χ2v) is 6.81. The van der Waals surface area contributed by atoms with Gasteiger partial charge in [0.05, 0.1) is 11.1 Å². The van der Waals surface area contributed by atoms with Gasteiger partial charge in [0, 0.05) is 24.1 Å². The fourth-order valence-electron chi connectivity index (χ4n) is 2.67. The molecule has 1 fully saturated rings. The standard InChI is InChI=1S/C16H21NO3S/c1-4-12-9-17(7-8-21-12)15(18)13-10(2)5-6-11(3)14(13)16(19)20/h5-6,12H,4,7-9H2,1-3H3,(H,19,20). The van der Waals surface area contributed by atoms with Crippen LogP contribution < -0.4 is 0 Å². The van der Waals surface area contributed by atoms with E-state index in [1.165, 1.54) is 0 Å². The van der Waals surface area contributed by atoms with E-state index in [1.54, 1.807) is 24.8 Å². The predicted octanol–water partition coefficient (Wildman–Crippen LogP) is 2.97. The van der Waals surface area contributed by atoms with Crippen LogP contribution in [0, 0.1) is 13.8 Å². The van der Waals surface area contributed by atoms with Crippen molar-refractivity contribution in [3.8, 4) is 0 Å². The van der Waals surface area contributed by atoms with Crippen molar-refractivity contribution in [3.05, 3.63) is 34.4 Å². The molecule has 0 aliphatic carbocycles. The van der Waals surface area contributed by atoms with Crippen LogP contribution in [0.25, 0.3) is 0 Å². The first-order valence-corrected chi connectivity index (χ1v) is 8.25. The minimum atomic E-state index is -1.03. The molecule has 1 aliphatic rings. The van der Waals surface area contributed by atoms with Crippen LogP contribution in [-0.2, 0) is 0 Å². The lowest BCUT2D eigenvalue weighted by molar-refractivity contribution is 0.0674. The first-order chi connectivity index (χ1) is 9.95. The van der Waals surface area contributed by atoms with Crippen molar-refractivity contribution in [1.82, 2.24) is 4.90 Å². The molecular formula is C16H21NO3S. The van der Waals surface area contributed by atoms with Crippen LogP contribution >= 0.6 is 11.8 Å². The Labute approximate surface area is 129 Å². The van der Waals surface area contributed by atoms with Crippen molar-refractivity contribution < 1.29 is 14.7 Å². The summed E-state index contributed by atoms with van der Waals surface area (Å²) in [7, 11) is 0. The molecule has 1 atom stereocenters. The van der Waals surface area contributed by atoms with E-state index in [1.807, 2.05) is 17.8 Å². The summed E-state index contributed by atoms with van der Waals surface area (Å²) in [5.41, 5.74) is 1.86.